The van der Waals surface area contributed by atoms with Gasteiger partial charge in [-0.05, 0) is 94.9 Å². The number of amides is 4. The third-order valence-corrected chi connectivity index (χ3v) is 6.17. The Bertz CT molecular complexity index is 1140. The molecule has 4 amide bonds. The smallest absolute Gasteiger partial charge is 0.344 e. The van der Waals surface area contributed by atoms with Crippen LogP contribution in [0.5, 0.6) is 5.75 Å². The van der Waals surface area contributed by atoms with Gasteiger partial charge in [0, 0.05) is 5.69 Å². The van der Waals surface area contributed by atoms with Crippen LogP contribution in [0.2, 0.25) is 0 Å². The lowest BCUT2D eigenvalue weighted by atomic mass is 10.2. The molecule has 9 nitrogen and oxygen atoms in total. The normalized spacial score (nSPS) is 14.2. The zero-order valence-corrected chi connectivity index (χ0v) is 22.6. The highest BCUT2D eigenvalue weighted by molar-refractivity contribution is 14.1. The quantitative estimate of drug-likeness (QED) is 0.189. The van der Waals surface area contributed by atoms with Gasteiger partial charge in [0.15, 0.2) is 6.61 Å². The van der Waals surface area contributed by atoms with E-state index in [1.54, 1.807) is 31.2 Å². The molecule has 2 aromatic carbocycles. The van der Waals surface area contributed by atoms with Crippen LogP contribution in [0.25, 0.3) is 6.08 Å². The van der Waals surface area contributed by atoms with Gasteiger partial charge in [0.25, 0.3) is 5.91 Å². The van der Waals surface area contributed by atoms with E-state index in [2.05, 4.69) is 55.8 Å². The van der Waals surface area contributed by atoms with Crippen LogP contribution >= 0.6 is 45.2 Å². The molecule has 1 aliphatic heterocycles. The molecule has 0 bridgehead atoms. The van der Waals surface area contributed by atoms with Gasteiger partial charge in [-0.3, -0.25) is 9.59 Å². The van der Waals surface area contributed by atoms with Crippen LogP contribution in [0.1, 0.15) is 18.1 Å². The topological polar surface area (TPSA) is 114 Å². The first-order chi connectivity index (χ1) is 16.2. The van der Waals surface area contributed by atoms with Gasteiger partial charge >= 0.3 is 12.0 Å². The zero-order chi connectivity index (χ0) is 24.8. The first kappa shape index (κ1) is 25.9. The molecule has 0 aromatic heterocycles. The van der Waals surface area contributed by atoms with E-state index in [0.29, 0.717) is 24.1 Å². The van der Waals surface area contributed by atoms with Crippen molar-refractivity contribution in [2.45, 2.75) is 13.8 Å². The first-order valence-electron chi connectivity index (χ1n) is 10.2. The number of ether oxygens (including phenoxy) is 2. The van der Waals surface area contributed by atoms with Crippen LogP contribution in [0.3, 0.4) is 0 Å². The minimum atomic E-state index is -0.672. The fourth-order valence-electron chi connectivity index (χ4n) is 3.00. The molecule has 2 N–H and O–H groups in total. The van der Waals surface area contributed by atoms with E-state index in [-0.39, 0.29) is 18.9 Å². The van der Waals surface area contributed by atoms with Crippen molar-refractivity contribution in [1.29, 1.82) is 0 Å². The number of halogens is 2. The second-order valence-corrected chi connectivity index (χ2v) is 9.53. The molecule has 0 unspecified atom stereocenters. The van der Waals surface area contributed by atoms with Crippen LogP contribution < -0.4 is 15.4 Å². The standard InChI is InChI=1S/C23H21I2N3O6/c1-3-33-20(30)12-34-21-16(24)8-14(9-17(21)25)10-18-22(31)28(23(32)27-18)11-19(29)26-15-6-4-13(2)5-7-15/h4-10H,3,11-12H2,1-2H3,(H,26,29)(H,27,32)/b18-10+. The summed E-state index contributed by atoms with van der Waals surface area (Å²) in [7, 11) is 0. The van der Waals surface area contributed by atoms with Gasteiger partial charge in [0.2, 0.25) is 5.91 Å². The molecule has 1 fully saturated rings. The Balaban J connectivity index is 1.68. The number of nitrogens with zero attached hydrogens (tertiary/aromatic N) is 1. The molecule has 1 heterocycles. The average molecular weight is 689 g/mol. The van der Waals surface area contributed by atoms with Gasteiger partial charge in [-0.15, -0.1) is 0 Å². The molecule has 3 rings (SSSR count). The molecular weight excluding hydrogens is 668 g/mol. The van der Waals surface area contributed by atoms with E-state index in [0.717, 1.165) is 10.5 Å². The van der Waals surface area contributed by atoms with Crippen LogP contribution in [0.4, 0.5) is 10.5 Å². The first-order valence-corrected chi connectivity index (χ1v) is 12.3. The highest BCUT2D eigenvalue weighted by atomic mass is 127. The molecule has 0 aliphatic carbocycles. The number of carbonyl (C=O) groups excluding carboxylic acids is 4. The van der Waals surface area contributed by atoms with Gasteiger partial charge in [-0.1, -0.05) is 17.7 Å². The Hall–Kier alpha value is -2.68. The van der Waals surface area contributed by atoms with Gasteiger partial charge in [0.05, 0.1) is 13.7 Å². The second-order valence-electron chi connectivity index (χ2n) is 7.20. The van der Waals surface area contributed by atoms with E-state index in [1.807, 2.05) is 19.1 Å². The highest BCUT2D eigenvalue weighted by Crippen LogP contribution is 2.30. The fourth-order valence-corrected chi connectivity index (χ4v) is 5.13. The lowest BCUT2D eigenvalue weighted by molar-refractivity contribution is -0.145. The van der Waals surface area contributed by atoms with Gasteiger partial charge in [-0.25, -0.2) is 14.5 Å². The summed E-state index contributed by atoms with van der Waals surface area (Å²) in [4.78, 5) is 49.8. The molecule has 1 saturated heterocycles. The van der Waals surface area contributed by atoms with E-state index >= 15 is 0 Å². The van der Waals surface area contributed by atoms with E-state index < -0.39 is 30.4 Å². The number of aryl methyl sites for hydroxylation is 1. The van der Waals surface area contributed by atoms with Crippen LogP contribution in [0.15, 0.2) is 42.1 Å². The van der Waals surface area contributed by atoms with Crippen molar-refractivity contribution in [2.24, 2.45) is 0 Å². The lowest BCUT2D eigenvalue weighted by Gasteiger charge is -2.12. The molecule has 2 aromatic rings. The van der Waals surface area contributed by atoms with Gasteiger partial charge in [0.1, 0.15) is 18.0 Å². The predicted octanol–water partition coefficient (Wildman–Crippen LogP) is 3.68. The summed E-state index contributed by atoms with van der Waals surface area (Å²) < 4.78 is 11.9. The van der Waals surface area contributed by atoms with Crippen LogP contribution in [0, 0.1) is 14.1 Å². The van der Waals surface area contributed by atoms with Crippen molar-refractivity contribution >= 4 is 80.8 Å². The SMILES string of the molecule is CCOC(=O)COc1c(I)cc(/C=C2/NC(=O)N(CC(=O)Nc3ccc(C)cc3)C2=O)cc1I. The van der Waals surface area contributed by atoms with E-state index in [9.17, 15) is 19.2 Å². The Labute approximate surface area is 223 Å². The number of urea groups is 1. The van der Waals surface area contributed by atoms with Gasteiger partial charge in [-0.2, -0.15) is 0 Å². The fraction of sp³-hybridized carbons (Fsp3) is 0.217. The molecule has 0 saturated carbocycles. The summed E-state index contributed by atoms with van der Waals surface area (Å²) in [6, 6.07) is 10.0. The van der Waals surface area contributed by atoms with Crippen molar-refractivity contribution in [2.75, 3.05) is 25.1 Å². The van der Waals surface area contributed by atoms with Crippen molar-refractivity contribution in [1.82, 2.24) is 10.2 Å². The lowest BCUT2D eigenvalue weighted by Crippen LogP contribution is -2.38. The number of carbonyl (C=O) groups is 4. The number of benzene rings is 2. The molecular formula is C23H21I2N3O6. The number of esters is 1. The summed E-state index contributed by atoms with van der Waals surface area (Å²) in [5.41, 5.74) is 2.32. The van der Waals surface area contributed by atoms with E-state index in [4.69, 9.17) is 9.47 Å². The van der Waals surface area contributed by atoms with Crippen molar-refractivity contribution in [3.8, 4) is 5.75 Å². The summed E-state index contributed by atoms with van der Waals surface area (Å²) in [5.74, 6) is -1.03. The molecule has 1 aliphatic rings. The third kappa shape index (κ3) is 6.68. The molecule has 178 valence electrons. The monoisotopic (exact) mass is 689 g/mol. The van der Waals surface area contributed by atoms with Gasteiger partial charge < -0.3 is 20.1 Å². The molecule has 0 radical (unpaired) electrons. The molecule has 34 heavy (non-hydrogen) atoms. The second kappa shape index (κ2) is 11.6. The maximum absolute atomic E-state index is 12.7. The Morgan fingerprint density at radius 2 is 1.76 bits per heavy atom. The summed E-state index contributed by atoms with van der Waals surface area (Å²) in [6.45, 7) is 3.29. The number of rotatable bonds is 8. The molecule has 0 spiro atoms. The number of hydrogen-bond donors (Lipinski definition) is 2. The summed E-state index contributed by atoms with van der Waals surface area (Å²) in [6.07, 6.45) is 1.53. The molecule has 0 atom stereocenters. The predicted molar refractivity (Wildman–Crippen MR) is 142 cm³/mol. The van der Waals surface area contributed by atoms with Crippen LogP contribution in [-0.4, -0.2) is 48.5 Å². The Kier molecular flexibility index (Phi) is 8.88. The van der Waals surface area contributed by atoms with E-state index in [1.165, 1.54) is 6.08 Å². The summed E-state index contributed by atoms with van der Waals surface area (Å²) in [5, 5.41) is 5.18. The largest absolute Gasteiger partial charge is 0.480 e. The maximum atomic E-state index is 12.7. The van der Waals surface area contributed by atoms with Crippen molar-refractivity contribution < 1.29 is 28.7 Å². The maximum Gasteiger partial charge on any atom is 0.344 e. The highest BCUT2D eigenvalue weighted by Gasteiger charge is 2.35. The summed E-state index contributed by atoms with van der Waals surface area (Å²) >= 11 is 4.12. The van der Waals surface area contributed by atoms with Crippen molar-refractivity contribution in [3.63, 3.8) is 0 Å². The third-order valence-electron chi connectivity index (χ3n) is 4.57. The minimum Gasteiger partial charge on any atom is -0.480 e. The van der Waals surface area contributed by atoms with Crippen LogP contribution in [-0.2, 0) is 19.1 Å². The Morgan fingerprint density at radius 3 is 2.38 bits per heavy atom. The Morgan fingerprint density at radius 1 is 1.12 bits per heavy atom. The number of nitrogens with one attached hydrogen (secondary N) is 2. The zero-order valence-electron chi connectivity index (χ0n) is 18.3. The molecule has 11 heteroatoms. The minimum absolute atomic E-state index is 0.0555. The van der Waals surface area contributed by atoms with Crippen molar-refractivity contribution in [3.05, 3.63) is 60.4 Å². The number of imide groups is 1. The number of hydrogen-bond acceptors (Lipinski definition) is 6. The average Bonchev–Trinajstić information content (AvgIpc) is 3.02. The number of anilines is 1.